The molecule has 0 aromatic heterocycles. The highest BCUT2D eigenvalue weighted by Gasteiger charge is 2.38. The summed E-state index contributed by atoms with van der Waals surface area (Å²) in [5, 5.41) is 0. The molecule has 0 aliphatic heterocycles. The summed E-state index contributed by atoms with van der Waals surface area (Å²) in [6.45, 7) is 8.90. The van der Waals surface area contributed by atoms with Crippen LogP contribution in [-0.2, 0) is 0 Å². The van der Waals surface area contributed by atoms with Crippen LogP contribution >= 0.6 is 0 Å². The maximum atomic E-state index is 4.08. The Morgan fingerprint density at radius 3 is 2.76 bits per heavy atom. The molecule has 0 saturated heterocycles. The monoisotopic (exact) mass is 231 g/mol. The van der Waals surface area contributed by atoms with E-state index in [-0.39, 0.29) is 0 Å². The third-order valence-electron chi connectivity index (χ3n) is 4.63. The zero-order valence-electron chi connectivity index (χ0n) is 11.1. The number of likely N-dealkylation sites (N-methyl/N-ethyl adjacent to an activating group) is 1. The molecule has 3 atom stereocenters. The van der Waals surface area contributed by atoms with Crippen molar-refractivity contribution in [1.29, 1.82) is 0 Å². The summed E-state index contributed by atoms with van der Waals surface area (Å²) in [6.07, 6.45) is 13.2. The number of hydrogen-bond donors (Lipinski definition) is 0. The van der Waals surface area contributed by atoms with E-state index in [0.29, 0.717) is 0 Å². The van der Waals surface area contributed by atoms with Crippen molar-refractivity contribution in [3.63, 3.8) is 0 Å². The molecule has 0 aromatic rings. The van der Waals surface area contributed by atoms with Gasteiger partial charge in [-0.15, -0.1) is 0 Å². The summed E-state index contributed by atoms with van der Waals surface area (Å²) in [4.78, 5) is 2.27. The molecule has 3 unspecified atom stereocenters. The normalized spacial score (nSPS) is 31.0. The average Bonchev–Trinajstić information content (AvgIpc) is 2.94. The smallest absolute Gasteiger partial charge is 0.0290 e. The average molecular weight is 231 g/mol. The maximum absolute atomic E-state index is 4.08. The standard InChI is InChI=1S/C16H25N/c1-4-5-6-13(2)17(3)10-9-16-12-14-7-8-15(16)11-14/h4-6,14-16H,1-2,7-12H2,3H3/b6-5-. The molecule has 0 radical (unpaired) electrons. The molecule has 2 saturated carbocycles. The summed E-state index contributed by atoms with van der Waals surface area (Å²) < 4.78 is 0. The molecule has 94 valence electrons. The van der Waals surface area contributed by atoms with E-state index < -0.39 is 0 Å². The Labute approximate surface area is 106 Å². The fraction of sp³-hybridized carbons (Fsp3) is 0.625. The number of rotatable bonds is 6. The molecule has 2 bridgehead atoms. The zero-order chi connectivity index (χ0) is 12.3. The van der Waals surface area contributed by atoms with Gasteiger partial charge in [-0.25, -0.2) is 0 Å². The fourth-order valence-corrected chi connectivity index (χ4v) is 3.54. The van der Waals surface area contributed by atoms with Crippen molar-refractivity contribution < 1.29 is 0 Å². The van der Waals surface area contributed by atoms with Crippen LogP contribution < -0.4 is 0 Å². The van der Waals surface area contributed by atoms with Crippen molar-refractivity contribution in [3.05, 3.63) is 37.1 Å². The first-order valence-electron chi connectivity index (χ1n) is 6.90. The molecule has 0 spiro atoms. The number of allylic oxidation sites excluding steroid dienone is 3. The molecule has 2 aliphatic rings. The van der Waals surface area contributed by atoms with Gasteiger partial charge in [0.2, 0.25) is 0 Å². The zero-order valence-corrected chi connectivity index (χ0v) is 11.1. The molecule has 17 heavy (non-hydrogen) atoms. The van der Waals surface area contributed by atoms with E-state index >= 15 is 0 Å². The minimum atomic E-state index is 0.993. The van der Waals surface area contributed by atoms with E-state index in [0.717, 1.165) is 30.0 Å². The van der Waals surface area contributed by atoms with Gasteiger partial charge >= 0.3 is 0 Å². The lowest BCUT2D eigenvalue weighted by atomic mass is 9.86. The van der Waals surface area contributed by atoms with Crippen molar-refractivity contribution >= 4 is 0 Å². The largest absolute Gasteiger partial charge is 0.375 e. The lowest BCUT2D eigenvalue weighted by Crippen LogP contribution is -2.22. The van der Waals surface area contributed by atoms with Gasteiger partial charge in [0.05, 0.1) is 0 Å². The Morgan fingerprint density at radius 2 is 2.18 bits per heavy atom. The predicted octanol–water partition coefficient (Wildman–Crippen LogP) is 4.00. The van der Waals surface area contributed by atoms with Crippen molar-refractivity contribution in [1.82, 2.24) is 4.90 Å². The first-order valence-corrected chi connectivity index (χ1v) is 6.90. The predicted molar refractivity (Wildman–Crippen MR) is 74.7 cm³/mol. The van der Waals surface area contributed by atoms with Gasteiger partial charge in [-0.1, -0.05) is 31.7 Å². The Bertz CT molecular complexity index is 315. The second-order valence-electron chi connectivity index (χ2n) is 5.73. The Kier molecular flexibility index (Phi) is 4.09. The number of hydrogen-bond acceptors (Lipinski definition) is 1. The first-order chi connectivity index (χ1) is 8.20. The van der Waals surface area contributed by atoms with Crippen LogP contribution in [0.2, 0.25) is 0 Å². The molecule has 0 N–H and O–H groups in total. The Morgan fingerprint density at radius 1 is 1.35 bits per heavy atom. The summed E-state index contributed by atoms with van der Waals surface area (Å²) in [5.74, 6) is 3.11. The molecule has 1 heteroatoms. The van der Waals surface area contributed by atoms with Crippen molar-refractivity contribution in [3.8, 4) is 0 Å². The van der Waals surface area contributed by atoms with Gasteiger partial charge in [-0.2, -0.15) is 0 Å². The van der Waals surface area contributed by atoms with Gasteiger partial charge in [-0.3, -0.25) is 0 Å². The molecule has 0 heterocycles. The molecular formula is C16H25N. The van der Waals surface area contributed by atoms with Crippen molar-refractivity contribution in [2.75, 3.05) is 13.6 Å². The Balaban J connectivity index is 1.73. The third kappa shape index (κ3) is 3.02. The molecule has 1 nitrogen and oxygen atoms in total. The van der Waals surface area contributed by atoms with Gasteiger partial charge in [0.25, 0.3) is 0 Å². The van der Waals surface area contributed by atoms with E-state index in [1.165, 1.54) is 32.1 Å². The minimum absolute atomic E-state index is 0.993. The van der Waals surface area contributed by atoms with Crippen molar-refractivity contribution in [2.45, 2.75) is 32.1 Å². The van der Waals surface area contributed by atoms with Crippen LogP contribution in [0, 0.1) is 17.8 Å². The lowest BCUT2D eigenvalue weighted by Gasteiger charge is -2.26. The van der Waals surface area contributed by atoms with Crippen LogP contribution in [-0.4, -0.2) is 18.5 Å². The quantitative estimate of drug-likeness (QED) is 0.625. The highest BCUT2D eigenvalue weighted by Crippen LogP contribution is 2.49. The SMILES string of the molecule is C=C/C=C\C(=C)N(C)CCC1CC2CCC1C2. The molecule has 0 amide bonds. The van der Waals surface area contributed by atoms with Crippen LogP contribution in [0.1, 0.15) is 32.1 Å². The molecule has 2 fully saturated rings. The molecule has 0 aromatic carbocycles. The third-order valence-corrected chi connectivity index (χ3v) is 4.63. The maximum Gasteiger partial charge on any atom is 0.0290 e. The first kappa shape index (κ1) is 12.5. The summed E-state index contributed by atoms with van der Waals surface area (Å²) in [6, 6.07) is 0. The van der Waals surface area contributed by atoms with Crippen LogP contribution in [0.15, 0.2) is 37.1 Å². The summed E-state index contributed by atoms with van der Waals surface area (Å²) in [7, 11) is 2.14. The second kappa shape index (κ2) is 5.57. The summed E-state index contributed by atoms with van der Waals surface area (Å²) >= 11 is 0. The molecule has 2 aliphatic carbocycles. The highest BCUT2D eigenvalue weighted by molar-refractivity contribution is 5.16. The van der Waals surface area contributed by atoms with Crippen LogP contribution in [0.5, 0.6) is 0 Å². The van der Waals surface area contributed by atoms with E-state index in [2.05, 4.69) is 25.1 Å². The van der Waals surface area contributed by atoms with Gasteiger partial charge in [0.15, 0.2) is 0 Å². The van der Waals surface area contributed by atoms with E-state index in [9.17, 15) is 0 Å². The molecule has 2 rings (SSSR count). The van der Waals surface area contributed by atoms with Crippen LogP contribution in [0.4, 0.5) is 0 Å². The Hall–Kier alpha value is -0.980. The summed E-state index contributed by atoms with van der Waals surface area (Å²) in [5.41, 5.74) is 1.09. The highest BCUT2D eigenvalue weighted by atomic mass is 15.1. The second-order valence-corrected chi connectivity index (χ2v) is 5.73. The van der Waals surface area contributed by atoms with Crippen LogP contribution in [0.3, 0.4) is 0 Å². The number of fused-ring (bicyclic) bond motifs is 2. The topological polar surface area (TPSA) is 3.24 Å². The van der Waals surface area contributed by atoms with E-state index in [4.69, 9.17) is 0 Å². The fourth-order valence-electron chi connectivity index (χ4n) is 3.54. The lowest BCUT2D eigenvalue weighted by molar-refractivity contribution is 0.279. The number of nitrogens with zero attached hydrogens (tertiary/aromatic N) is 1. The van der Waals surface area contributed by atoms with E-state index in [1.54, 1.807) is 6.08 Å². The van der Waals surface area contributed by atoms with Gasteiger partial charge in [-0.05, 0) is 49.5 Å². The van der Waals surface area contributed by atoms with Gasteiger partial charge < -0.3 is 4.90 Å². The molecular weight excluding hydrogens is 206 g/mol. The van der Waals surface area contributed by atoms with E-state index in [1.807, 2.05) is 12.2 Å². The van der Waals surface area contributed by atoms with Crippen LogP contribution in [0.25, 0.3) is 0 Å². The van der Waals surface area contributed by atoms with Gasteiger partial charge in [0, 0.05) is 19.3 Å². The van der Waals surface area contributed by atoms with Gasteiger partial charge in [0.1, 0.15) is 0 Å². The van der Waals surface area contributed by atoms with Crippen molar-refractivity contribution in [2.24, 2.45) is 17.8 Å². The minimum Gasteiger partial charge on any atom is -0.375 e.